The molecule has 0 heterocycles. The molecule has 224 valence electrons. The number of thioether (sulfide) groups is 1. The van der Waals surface area contributed by atoms with Crippen molar-refractivity contribution in [2.45, 2.75) is 4.90 Å². The number of carbonyl (C=O) groups is 3. The molecule has 9 heteroatoms. The van der Waals surface area contributed by atoms with Gasteiger partial charge in [-0.3, -0.25) is 14.4 Å². The summed E-state index contributed by atoms with van der Waals surface area (Å²) in [6.45, 7) is 0. The van der Waals surface area contributed by atoms with Crippen LogP contribution in [0, 0.1) is 5.82 Å². The molecule has 3 amide bonds. The number of rotatable bonds is 10. The summed E-state index contributed by atoms with van der Waals surface area (Å²) in [7, 11) is 0. The van der Waals surface area contributed by atoms with Crippen LogP contribution in [0.5, 0.6) is 0 Å². The van der Waals surface area contributed by atoms with E-state index in [2.05, 4.69) is 16.0 Å². The molecule has 5 aromatic rings. The fourth-order valence-electron chi connectivity index (χ4n) is 4.26. The predicted octanol–water partition coefficient (Wildman–Crippen LogP) is 8.29. The van der Waals surface area contributed by atoms with Gasteiger partial charge in [0.05, 0.1) is 10.8 Å². The number of halogens is 2. The lowest BCUT2D eigenvalue weighted by Crippen LogP contribution is -2.30. The minimum Gasteiger partial charge on any atom is -0.325 e. The van der Waals surface area contributed by atoms with Gasteiger partial charge in [0.1, 0.15) is 11.5 Å². The van der Waals surface area contributed by atoms with E-state index < -0.39 is 17.6 Å². The molecular formula is C36H27ClFN3O3S. The van der Waals surface area contributed by atoms with Gasteiger partial charge in [0.25, 0.3) is 11.8 Å². The van der Waals surface area contributed by atoms with Crippen molar-refractivity contribution in [3.63, 3.8) is 0 Å². The van der Waals surface area contributed by atoms with E-state index in [1.54, 1.807) is 54.6 Å². The molecule has 0 atom stereocenters. The van der Waals surface area contributed by atoms with E-state index in [0.717, 1.165) is 21.6 Å². The first kappa shape index (κ1) is 31.3. The van der Waals surface area contributed by atoms with Gasteiger partial charge in [-0.1, -0.05) is 84.4 Å². The SMILES string of the molecule is O=C(CSc1ccc(NC(=O)/C(=C/c2ccc(-c3ccccc3)cc2)NC(=O)c2ccccc2)cc1)Nc1ccc(F)c(Cl)c1. The van der Waals surface area contributed by atoms with Crippen LogP contribution in [0.25, 0.3) is 17.2 Å². The van der Waals surface area contributed by atoms with Gasteiger partial charge in [-0.05, 0) is 77.4 Å². The van der Waals surface area contributed by atoms with Crippen molar-refractivity contribution in [1.29, 1.82) is 0 Å². The number of nitrogens with one attached hydrogen (secondary N) is 3. The second-order valence-electron chi connectivity index (χ2n) is 9.81. The summed E-state index contributed by atoms with van der Waals surface area (Å²) in [5, 5.41) is 8.20. The molecule has 5 rings (SSSR count). The van der Waals surface area contributed by atoms with Crippen LogP contribution in [0.15, 0.2) is 138 Å². The topological polar surface area (TPSA) is 87.3 Å². The zero-order valence-electron chi connectivity index (χ0n) is 23.8. The van der Waals surface area contributed by atoms with Crippen LogP contribution in [0.3, 0.4) is 0 Å². The number of carbonyl (C=O) groups excluding carboxylic acids is 3. The third-order valence-electron chi connectivity index (χ3n) is 6.54. The molecule has 0 fully saturated rings. The average molecular weight is 636 g/mol. The number of anilines is 2. The molecule has 0 saturated carbocycles. The second-order valence-corrected chi connectivity index (χ2v) is 11.3. The second kappa shape index (κ2) is 15.0. The summed E-state index contributed by atoms with van der Waals surface area (Å²) in [6, 6.07) is 37.2. The summed E-state index contributed by atoms with van der Waals surface area (Å²) in [6.07, 6.45) is 1.63. The van der Waals surface area contributed by atoms with E-state index in [-0.39, 0.29) is 22.4 Å². The van der Waals surface area contributed by atoms with Crippen molar-refractivity contribution >= 4 is 58.5 Å². The van der Waals surface area contributed by atoms with Crippen molar-refractivity contribution in [2.75, 3.05) is 16.4 Å². The largest absolute Gasteiger partial charge is 0.325 e. The van der Waals surface area contributed by atoms with E-state index in [4.69, 9.17) is 11.6 Å². The van der Waals surface area contributed by atoms with E-state index in [1.165, 1.54) is 30.0 Å². The highest BCUT2D eigenvalue weighted by Gasteiger charge is 2.15. The van der Waals surface area contributed by atoms with E-state index in [1.807, 2.05) is 60.7 Å². The normalized spacial score (nSPS) is 11.0. The van der Waals surface area contributed by atoms with E-state index in [9.17, 15) is 18.8 Å². The van der Waals surface area contributed by atoms with Crippen molar-refractivity contribution in [2.24, 2.45) is 0 Å². The van der Waals surface area contributed by atoms with Gasteiger partial charge in [-0.25, -0.2) is 4.39 Å². The van der Waals surface area contributed by atoms with Gasteiger partial charge in [0, 0.05) is 21.8 Å². The summed E-state index contributed by atoms with van der Waals surface area (Å²) in [5.74, 6) is -1.63. The maximum Gasteiger partial charge on any atom is 0.272 e. The Kier molecular flexibility index (Phi) is 10.4. The van der Waals surface area contributed by atoms with Crippen molar-refractivity contribution in [3.8, 4) is 11.1 Å². The van der Waals surface area contributed by atoms with Crippen LogP contribution in [-0.2, 0) is 9.59 Å². The molecule has 0 radical (unpaired) electrons. The lowest BCUT2D eigenvalue weighted by molar-refractivity contribution is -0.114. The lowest BCUT2D eigenvalue weighted by atomic mass is 10.0. The molecule has 0 aliphatic rings. The molecule has 0 bridgehead atoms. The van der Waals surface area contributed by atoms with Crippen LogP contribution in [0.4, 0.5) is 15.8 Å². The first-order valence-electron chi connectivity index (χ1n) is 13.9. The third kappa shape index (κ3) is 8.92. The third-order valence-corrected chi connectivity index (χ3v) is 7.84. The zero-order valence-corrected chi connectivity index (χ0v) is 25.4. The van der Waals surface area contributed by atoms with Crippen LogP contribution in [-0.4, -0.2) is 23.5 Å². The van der Waals surface area contributed by atoms with Gasteiger partial charge in [0.2, 0.25) is 5.91 Å². The molecule has 0 aromatic heterocycles. The summed E-state index contributed by atoms with van der Waals surface area (Å²) in [5.41, 5.74) is 4.25. The molecule has 0 aliphatic carbocycles. The molecule has 6 nitrogen and oxygen atoms in total. The molecular weight excluding hydrogens is 609 g/mol. The van der Waals surface area contributed by atoms with Gasteiger partial charge in [0.15, 0.2) is 0 Å². The molecule has 45 heavy (non-hydrogen) atoms. The first-order valence-corrected chi connectivity index (χ1v) is 15.2. The highest BCUT2D eigenvalue weighted by Crippen LogP contribution is 2.24. The Labute approximate surface area is 269 Å². The Hall–Kier alpha value is -5.18. The number of benzene rings is 5. The predicted molar refractivity (Wildman–Crippen MR) is 180 cm³/mol. The minimum absolute atomic E-state index is 0.0725. The van der Waals surface area contributed by atoms with Crippen LogP contribution < -0.4 is 16.0 Å². The Bertz CT molecular complexity index is 1830. The van der Waals surface area contributed by atoms with Crippen LogP contribution in [0.2, 0.25) is 5.02 Å². The molecule has 0 spiro atoms. The van der Waals surface area contributed by atoms with E-state index in [0.29, 0.717) is 16.9 Å². The first-order chi connectivity index (χ1) is 21.8. The Morgan fingerprint density at radius 2 is 1.33 bits per heavy atom. The summed E-state index contributed by atoms with van der Waals surface area (Å²) in [4.78, 5) is 39.5. The van der Waals surface area contributed by atoms with Crippen molar-refractivity contribution in [1.82, 2.24) is 5.32 Å². The standard InChI is InChI=1S/C36H27ClFN3O3S/c37-31-22-29(17-20-32(31)38)39-34(42)23-45-30-18-15-28(16-19-30)40-36(44)33(41-35(43)27-9-5-2-6-10-27)21-24-11-13-26(14-12-24)25-7-3-1-4-8-25/h1-22H,23H2,(H,39,42)(H,40,44)(H,41,43)/b33-21-. The molecule has 3 N–H and O–H groups in total. The van der Waals surface area contributed by atoms with Gasteiger partial charge < -0.3 is 16.0 Å². The van der Waals surface area contributed by atoms with Crippen molar-refractivity contribution < 1.29 is 18.8 Å². The zero-order chi connectivity index (χ0) is 31.6. The maximum absolute atomic E-state index is 13.4. The molecule has 0 aliphatic heterocycles. The fourth-order valence-corrected chi connectivity index (χ4v) is 5.14. The Balaban J connectivity index is 1.25. The lowest BCUT2D eigenvalue weighted by Gasteiger charge is -2.12. The van der Waals surface area contributed by atoms with Gasteiger partial charge >= 0.3 is 0 Å². The number of hydrogen-bond acceptors (Lipinski definition) is 4. The number of amides is 3. The molecule has 0 saturated heterocycles. The van der Waals surface area contributed by atoms with Crippen LogP contribution >= 0.6 is 23.4 Å². The van der Waals surface area contributed by atoms with Gasteiger partial charge in [-0.2, -0.15) is 0 Å². The van der Waals surface area contributed by atoms with Crippen LogP contribution in [0.1, 0.15) is 15.9 Å². The highest BCUT2D eigenvalue weighted by molar-refractivity contribution is 8.00. The van der Waals surface area contributed by atoms with Crippen molar-refractivity contribution in [3.05, 3.63) is 155 Å². The quantitative estimate of drug-likeness (QED) is 0.106. The molecule has 5 aromatic carbocycles. The van der Waals surface area contributed by atoms with Gasteiger partial charge in [-0.15, -0.1) is 11.8 Å². The minimum atomic E-state index is -0.560. The highest BCUT2D eigenvalue weighted by atomic mass is 35.5. The average Bonchev–Trinajstić information content (AvgIpc) is 3.07. The van der Waals surface area contributed by atoms with E-state index >= 15 is 0 Å². The fraction of sp³-hybridized carbons (Fsp3) is 0.0278. The Morgan fingerprint density at radius 3 is 2.00 bits per heavy atom. The molecule has 0 unspecified atom stereocenters. The monoisotopic (exact) mass is 635 g/mol. The summed E-state index contributed by atoms with van der Waals surface area (Å²) >= 11 is 7.07. The summed E-state index contributed by atoms with van der Waals surface area (Å²) < 4.78 is 13.4. The smallest absolute Gasteiger partial charge is 0.272 e. The Morgan fingerprint density at radius 1 is 0.711 bits per heavy atom. The maximum atomic E-state index is 13.4. The number of hydrogen-bond donors (Lipinski definition) is 3.